The van der Waals surface area contributed by atoms with E-state index in [1.54, 1.807) is 0 Å². The molecule has 7 rings (SSSR count). The quantitative estimate of drug-likeness (QED) is 0.283. The molecule has 4 aromatic rings. The molecule has 3 aliphatic carbocycles. The Kier molecular flexibility index (Phi) is 5.51. The van der Waals surface area contributed by atoms with E-state index in [4.69, 9.17) is 9.26 Å². The molecule has 2 heterocycles. The van der Waals surface area contributed by atoms with Crippen molar-refractivity contribution in [1.82, 2.24) is 10.1 Å². The lowest BCUT2D eigenvalue weighted by molar-refractivity contribution is -0.156. The van der Waals surface area contributed by atoms with Crippen molar-refractivity contribution in [2.24, 2.45) is 5.41 Å². The van der Waals surface area contributed by atoms with Crippen LogP contribution in [0.1, 0.15) is 85.3 Å². The fraction of sp³-hybridized carbons (Fsp3) is 0.484. The van der Waals surface area contributed by atoms with Crippen LogP contribution in [0.15, 0.2) is 34.9 Å². The highest BCUT2D eigenvalue weighted by Gasteiger charge is 2.58. The summed E-state index contributed by atoms with van der Waals surface area (Å²) in [5.41, 5.74) is 5.66. The van der Waals surface area contributed by atoms with Crippen LogP contribution in [-0.4, -0.2) is 21.4 Å². The Morgan fingerprint density at radius 1 is 1.05 bits per heavy atom. The highest BCUT2D eigenvalue weighted by molar-refractivity contribution is 7.20. The van der Waals surface area contributed by atoms with Gasteiger partial charge in [-0.3, -0.25) is 0 Å². The molecular weight excluding hydrogens is 499 g/mol. The van der Waals surface area contributed by atoms with Crippen LogP contribution in [0.25, 0.3) is 21.5 Å². The molecule has 7 heteroatoms. The van der Waals surface area contributed by atoms with Gasteiger partial charge in [0.15, 0.2) is 5.82 Å². The number of hydrogen-bond acceptors (Lipinski definition) is 6. The van der Waals surface area contributed by atoms with E-state index in [0.717, 1.165) is 95.3 Å². The van der Waals surface area contributed by atoms with Crippen LogP contribution in [0.4, 0.5) is 4.39 Å². The highest BCUT2D eigenvalue weighted by Crippen LogP contribution is 2.63. The first-order valence-electron chi connectivity index (χ1n) is 13.8. The molecule has 3 fully saturated rings. The Hall–Kier alpha value is -2.77. The Morgan fingerprint density at radius 3 is 2.45 bits per heavy atom. The molecule has 0 atom stereocenters. The fourth-order valence-electron chi connectivity index (χ4n) is 7.07. The number of rotatable bonds is 5. The Balaban J connectivity index is 1.09. The third kappa shape index (κ3) is 3.97. The molecular formula is C31H33FN2O3S. The van der Waals surface area contributed by atoms with E-state index in [0.29, 0.717) is 16.6 Å². The van der Waals surface area contributed by atoms with Crippen LogP contribution in [-0.2, 0) is 5.60 Å². The van der Waals surface area contributed by atoms with Gasteiger partial charge < -0.3 is 14.4 Å². The van der Waals surface area contributed by atoms with Crippen molar-refractivity contribution in [1.29, 1.82) is 0 Å². The molecule has 0 aliphatic heterocycles. The molecule has 2 aromatic heterocycles. The molecule has 1 N–H and O–H groups in total. The fourth-order valence-corrected chi connectivity index (χ4v) is 8.06. The van der Waals surface area contributed by atoms with E-state index in [1.807, 2.05) is 13.0 Å². The maximum absolute atomic E-state index is 14.3. The summed E-state index contributed by atoms with van der Waals surface area (Å²) >= 11 is 1.42. The number of fused-ring (bicyclic) bond motifs is 1. The van der Waals surface area contributed by atoms with Crippen molar-refractivity contribution in [3.05, 3.63) is 64.2 Å². The monoisotopic (exact) mass is 532 g/mol. The number of aliphatic hydroxyl groups is 1. The molecule has 5 nitrogen and oxygen atoms in total. The minimum atomic E-state index is -0.905. The first-order chi connectivity index (χ1) is 18.2. The zero-order chi connectivity index (χ0) is 26.2. The summed E-state index contributed by atoms with van der Waals surface area (Å²) in [6, 6.07) is 9.75. The predicted molar refractivity (Wildman–Crippen MR) is 146 cm³/mol. The second-order valence-corrected chi connectivity index (χ2v) is 13.1. The maximum Gasteiger partial charge on any atom is 0.274 e. The number of aromatic nitrogens is 2. The van der Waals surface area contributed by atoms with E-state index in [1.165, 1.54) is 17.4 Å². The van der Waals surface area contributed by atoms with Gasteiger partial charge in [-0.2, -0.15) is 4.98 Å². The van der Waals surface area contributed by atoms with E-state index in [9.17, 15) is 9.50 Å². The van der Waals surface area contributed by atoms with Gasteiger partial charge in [0.1, 0.15) is 23.1 Å². The minimum absolute atomic E-state index is 0.0711. The summed E-state index contributed by atoms with van der Waals surface area (Å²) in [6.45, 7) is 6.10. The predicted octanol–water partition coefficient (Wildman–Crippen LogP) is 7.88. The van der Waals surface area contributed by atoms with E-state index in [-0.39, 0.29) is 17.3 Å². The van der Waals surface area contributed by atoms with Gasteiger partial charge in [-0.1, -0.05) is 34.7 Å². The molecule has 198 valence electrons. The number of nitrogens with zero attached hydrogens (tertiary/aromatic N) is 2. The number of aryl methyl sites for hydroxylation is 3. The second kappa shape index (κ2) is 8.62. The van der Waals surface area contributed by atoms with Crippen molar-refractivity contribution < 1.29 is 18.8 Å². The van der Waals surface area contributed by atoms with Gasteiger partial charge >= 0.3 is 0 Å². The SMILES string of the molecule is Cc1cc(F)c2nc(OC3CCC4(CC3)CC(O)(c3c(-c5c(C)cccc5C)noc3C3CC3)C4)sc2c1. The summed E-state index contributed by atoms with van der Waals surface area (Å²) in [7, 11) is 0. The summed E-state index contributed by atoms with van der Waals surface area (Å²) in [5.74, 6) is 0.986. The van der Waals surface area contributed by atoms with Crippen LogP contribution < -0.4 is 4.74 Å². The molecule has 0 unspecified atom stereocenters. The van der Waals surface area contributed by atoms with Crippen LogP contribution in [0.5, 0.6) is 5.19 Å². The summed E-state index contributed by atoms with van der Waals surface area (Å²) in [4.78, 5) is 4.42. The van der Waals surface area contributed by atoms with Crippen LogP contribution in [0, 0.1) is 32.0 Å². The van der Waals surface area contributed by atoms with Crippen molar-refractivity contribution >= 4 is 21.6 Å². The maximum atomic E-state index is 14.3. The summed E-state index contributed by atoms with van der Waals surface area (Å²) in [5, 5.41) is 17.1. The van der Waals surface area contributed by atoms with Gasteiger partial charge in [0.05, 0.1) is 15.9 Å². The normalized spacial score (nSPS) is 27.1. The van der Waals surface area contributed by atoms with Crippen molar-refractivity contribution in [3.8, 4) is 16.5 Å². The summed E-state index contributed by atoms with van der Waals surface area (Å²) < 4.78 is 27.3. The van der Waals surface area contributed by atoms with Gasteiger partial charge in [-0.15, -0.1) is 0 Å². The van der Waals surface area contributed by atoms with E-state index >= 15 is 0 Å². The van der Waals surface area contributed by atoms with Gasteiger partial charge in [-0.05, 0) is 106 Å². The molecule has 0 radical (unpaired) electrons. The van der Waals surface area contributed by atoms with E-state index in [2.05, 4.69) is 42.2 Å². The first kappa shape index (κ1) is 24.3. The Morgan fingerprint density at radius 2 is 1.76 bits per heavy atom. The zero-order valence-electron chi connectivity index (χ0n) is 22.1. The number of halogens is 1. The molecule has 1 spiro atoms. The largest absolute Gasteiger partial charge is 0.467 e. The number of ether oxygens (including phenoxy) is 1. The lowest BCUT2D eigenvalue weighted by Crippen LogP contribution is -2.52. The molecule has 0 saturated heterocycles. The average Bonchev–Trinajstić information content (AvgIpc) is 3.47. The standard InChI is InChI=1S/C31H33FN2O3S/c1-17-13-22(32)26-23(14-17)38-29(33-26)36-21-9-11-30(12-10-21)15-31(35,16-30)25-27(34-37-28(25)20-7-8-20)24-18(2)5-4-6-19(24)3/h4-6,13-14,20-21,35H,7-12,15-16H2,1-3H3. The average molecular weight is 533 g/mol. The van der Waals surface area contributed by atoms with Crippen molar-refractivity contribution in [2.45, 2.75) is 89.8 Å². The lowest BCUT2D eigenvalue weighted by Gasteiger charge is -2.56. The number of thiazole rings is 1. The van der Waals surface area contributed by atoms with Crippen LogP contribution in [0.2, 0.25) is 0 Å². The van der Waals surface area contributed by atoms with Gasteiger partial charge in [0, 0.05) is 11.5 Å². The van der Waals surface area contributed by atoms with Gasteiger partial charge in [0.2, 0.25) is 0 Å². The van der Waals surface area contributed by atoms with E-state index < -0.39 is 5.60 Å². The first-order valence-corrected chi connectivity index (χ1v) is 14.6. The van der Waals surface area contributed by atoms with Gasteiger partial charge in [0.25, 0.3) is 5.19 Å². The third-order valence-electron chi connectivity index (χ3n) is 9.02. The molecule has 3 aliphatic rings. The smallest absolute Gasteiger partial charge is 0.274 e. The topological polar surface area (TPSA) is 68.4 Å². The molecule has 2 aromatic carbocycles. The van der Waals surface area contributed by atoms with Crippen molar-refractivity contribution in [3.63, 3.8) is 0 Å². The number of hydrogen-bond donors (Lipinski definition) is 1. The number of benzene rings is 2. The highest BCUT2D eigenvalue weighted by atomic mass is 32.1. The third-order valence-corrected chi connectivity index (χ3v) is 9.91. The lowest BCUT2D eigenvalue weighted by atomic mass is 9.51. The van der Waals surface area contributed by atoms with Crippen LogP contribution in [0.3, 0.4) is 0 Å². The second-order valence-electron chi connectivity index (χ2n) is 12.1. The van der Waals surface area contributed by atoms with Crippen LogP contribution >= 0.6 is 11.3 Å². The molecule has 3 saturated carbocycles. The Labute approximate surface area is 226 Å². The minimum Gasteiger partial charge on any atom is -0.467 e. The Bertz CT molecular complexity index is 1520. The summed E-state index contributed by atoms with van der Waals surface area (Å²) in [6.07, 6.45) is 7.57. The van der Waals surface area contributed by atoms with Gasteiger partial charge in [-0.25, -0.2) is 4.39 Å². The van der Waals surface area contributed by atoms with Crippen molar-refractivity contribution in [2.75, 3.05) is 0 Å². The molecule has 38 heavy (non-hydrogen) atoms. The molecule has 0 amide bonds. The zero-order valence-corrected chi connectivity index (χ0v) is 23.0. The molecule has 0 bridgehead atoms.